The van der Waals surface area contributed by atoms with Crippen molar-refractivity contribution >= 4 is 5.91 Å². The lowest BCUT2D eigenvalue weighted by atomic mass is 9.86. The zero-order valence-electron chi connectivity index (χ0n) is 7.55. The molecule has 3 heteroatoms. The first-order valence-corrected chi connectivity index (χ1v) is 4.62. The number of rotatable bonds is 2. The number of aliphatic hydroxyl groups is 1. The Bertz CT molecular complexity index is 159. The Morgan fingerprint density at radius 2 is 2.17 bits per heavy atom. The lowest BCUT2D eigenvalue weighted by Crippen LogP contribution is -2.35. The smallest absolute Gasteiger partial charge is 0.216 e. The second-order valence-electron chi connectivity index (χ2n) is 3.55. The van der Waals surface area contributed by atoms with Gasteiger partial charge >= 0.3 is 0 Å². The Morgan fingerprint density at radius 3 is 2.75 bits per heavy atom. The van der Waals surface area contributed by atoms with E-state index >= 15 is 0 Å². The SMILES string of the molecule is CC(=O)NC[C@@H]1CCCC[C@@H]1O. The second-order valence-corrected chi connectivity index (χ2v) is 3.55. The Kier molecular flexibility index (Phi) is 3.53. The molecule has 3 nitrogen and oxygen atoms in total. The fraction of sp³-hybridized carbons (Fsp3) is 0.889. The van der Waals surface area contributed by atoms with Crippen LogP contribution in [0.5, 0.6) is 0 Å². The summed E-state index contributed by atoms with van der Waals surface area (Å²) in [6, 6.07) is 0. The molecule has 2 atom stereocenters. The molecule has 1 rings (SSSR count). The summed E-state index contributed by atoms with van der Waals surface area (Å²) in [5.41, 5.74) is 0. The van der Waals surface area contributed by atoms with Crippen molar-refractivity contribution in [1.29, 1.82) is 0 Å². The van der Waals surface area contributed by atoms with Crippen molar-refractivity contribution < 1.29 is 9.90 Å². The van der Waals surface area contributed by atoms with Crippen LogP contribution in [0.1, 0.15) is 32.6 Å². The van der Waals surface area contributed by atoms with Crippen LogP contribution in [0.3, 0.4) is 0 Å². The molecule has 0 aromatic rings. The van der Waals surface area contributed by atoms with Gasteiger partial charge in [-0.05, 0) is 12.8 Å². The molecule has 0 spiro atoms. The minimum absolute atomic E-state index is 0.00669. The van der Waals surface area contributed by atoms with E-state index in [-0.39, 0.29) is 17.9 Å². The van der Waals surface area contributed by atoms with E-state index in [9.17, 15) is 9.90 Å². The van der Waals surface area contributed by atoms with Gasteiger partial charge in [0.2, 0.25) is 5.91 Å². The summed E-state index contributed by atoms with van der Waals surface area (Å²) < 4.78 is 0. The lowest BCUT2D eigenvalue weighted by Gasteiger charge is -2.27. The molecular weight excluding hydrogens is 154 g/mol. The molecule has 0 aliphatic heterocycles. The number of aliphatic hydroxyl groups excluding tert-OH is 1. The summed E-state index contributed by atoms with van der Waals surface area (Å²) in [6.07, 6.45) is 4.04. The lowest BCUT2D eigenvalue weighted by molar-refractivity contribution is -0.119. The Hall–Kier alpha value is -0.570. The fourth-order valence-corrected chi connectivity index (χ4v) is 1.70. The topological polar surface area (TPSA) is 49.3 Å². The molecule has 1 saturated carbocycles. The highest BCUT2D eigenvalue weighted by Gasteiger charge is 2.22. The molecule has 0 heterocycles. The number of hydrogen-bond donors (Lipinski definition) is 2. The second kappa shape index (κ2) is 4.45. The highest BCUT2D eigenvalue weighted by Crippen LogP contribution is 2.23. The number of carbonyl (C=O) groups excluding carboxylic acids is 1. The van der Waals surface area contributed by atoms with Crippen molar-refractivity contribution in [2.45, 2.75) is 38.7 Å². The molecule has 0 bridgehead atoms. The van der Waals surface area contributed by atoms with Gasteiger partial charge in [0.1, 0.15) is 0 Å². The van der Waals surface area contributed by atoms with Crippen LogP contribution in [0.25, 0.3) is 0 Å². The predicted octanol–water partition coefficient (Wildman–Crippen LogP) is 0.674. The molecule has 12 heavy (non-hydrogen) atoms. The maximum atomic E-state index is 10.6. The fourth-order valence-electron chi connectivity index (χ4n) is 1.70. The molecule has 1 aliphatic carbocycles. The Balaban J connectivity index is 2.24. The van der Waals surface area contributed by atoms with Gasteiger partial charge in [-0.15, -0.1) is 0 Å². The zero-order valence-corrected chi connectivity index (χ0v) is 7.55. The number of amides is 1. The van der Waals surface area contributed by atoms with E-state index in [0.29, 0.717) is 6.54 Å². The molecule has 0 saturated heterocycles. The zero-order chi connectivity index (χ0) is 8.97. The molecule has 1 amide bonds. The van der Waals surface area contributed by atoms with Crippen molar-refractivity contribution in [3.05, 3.63) is 0 Å². The first kappa shape index (κ1) is 9.52. The van der Waals surface area contributed by atoms with Gasteiger partial charge < -0.3 is 10.4 Å². The van der Waals surface area contributed by atoms with Gasteiger partial charge in [0.05, 0.1) is 6.10 Å². The van der Waals surface area contributed by atoms with Crippen LogP contribution < -0.4 is 5.32 Å². The molecule has 1 fully saturated rings. The number of hydrogen-bond acceptors (Lipinski definition) is 2. The predicted molar refractivity (Wildman–Crippen MR) is 46.6 cm³/mol. The minimum Gasteiger partial charge on any atom is -0.393 e. The number of nitrogens with one attached hydrogen (secondary N) is 1. The highest BCUT2D eigenvalue weighted by molar-refractivity contribution is 5.72. The van der Waals surface area contributed by atoms with E-state index in [4.69, 9.17) is 0 Å². The van der Waals surface area contributed by atoms with Gasteiger partial charge in [0.15, 0.2) is 0 Å². The molecule has 70 valence electrons. The monoisotopic (exact) mass is 171 g/mol. The third-order valence-electron chi connectivity index (χ3n) is 2.48. The molecule has 0 aromatic heterocycles. The normalized spacial score (nSPS) is 29.8. The average Bonchev–Trinajstić information content (AvgIpc) is 2.03. The Morgan fingerprint density at radius 1 is 1.50 bits per heavy atom. The van der Waals surface area contributed by atoms with E-state index in [1.165, 1.54) is 13.3 Å². The summed E-state index contributed by atoms with van der Waals surface area (Å²) >= 11 is 0. The van der Waals surface area contributed by atoms with Crippen LogP contribution in [-0.4, -0.2) is 23.7 Å². The summed E-state index contributed by atoms with van der Waals surface area (Å²) in [4.78, 5) is 10.6. The van der Waals surface area contributed by atoms with Gasteiger partial charge in [0.25, 0.3) is 0 Å². The van der Waals surface area contributed by atoms with Crippen molar-refractivity contribution in [3.8, 4) is 0 Å². The van der Waals surface area contributed by atoms with Crippen LogP contribution in [0.2, 0.25) is 0 Å². The minimum atomic E-state index is -0.203. The number of carbonyl (C=O) groups is 1. The molecule has 2 N–H and O–H groups in total. The van der Waals surface area contributed by atoms with E-state index in [0.717, 1.165) is 19.3 Å². The first-order valence-electron chi connectivity index (χ1n) is 4.62. The van der Waals surface area contributed by atoms with E-state index in [2.05, 4.69) is 5.32 Å². The quantitative estimate of drug-likeness (QED) is 0.641. The largest absolute Gasteiger partial charge is 0.393 e. The van der Waals surface area contributed by atoms with Gasteiger partial charge in [-0.1, -0.05) is 12.8 Å². The van der Waals surface area contributed by atoms with Crippen LogP contribution in [0.4, 0.5) is 0 Å². The first-order chi connectivity index (χ1) is 5.70. The van der Waals surface area contributed by atoms with Gasteiger partial charge in [-0.25, -0.2) is 0 Å². The summed E-state index contributed by atoms with van der Waals surface area (Å²) in [5, 5.41) is 12.3. The maximum absolute atomic E-state index is 10.6. The summed E-state index contributed by atoms with van der Waals surface area (Å²) in [6.45, 7) is 2.14. The van der Waals surface area contributed by atoms with Crippen LogP contribution in [-0.2, 0) is 4.79 Å². The molecule has 0 aromatic carbocycles. The highest BCUT2D eigenvalue weighted by atomic mass is 16.3. The average molecular weight is 171 g/mol. The molecule has 0 radical (unpaired) electrons. The van der Waals surface area contributed by atoms with Gasteiger partial charge in [-0.2, -0.15) is 0 Å². The summed E-state index contributed by atoms with van der Waals surface area (Å²) in [7, 11) is 0. The molecule has 0 unspecified atom stereocenters. The van der Waals surface area contributed by atoms with Crippen LogP contribution in [0.15, 0.2) is 0 Å². The van der Waals surface area contributed by atoms with Crippen LogP contribution in [0, 0.1) is 5.92 Å². The molecular formula is C9H17NO2. The van der Waals surface area contributed by atoms with E-state index < -0.39 is 0 Å². The third-order valence-corrected chi connectivity index (χ3v) is 2.48. The maximum Gasteiger partial charge on any atom is 0.216 e. The van der Waals surface area contributed by atoms with Crippen LogP contribution >= 0.6 is 0 Å². The van der Waals surface area contributed by atoms with Crippen molar-refractivity contribution in [3.63, 3.8) is 0 Å². The summed E-state index contributed by atoms with van der Waals surface area (Å²) in [5.74, 6) is 0.274. The molecule has 1 aliphatic rings. The van der Waals surface area contributed by atoms with Gasteiger partial charge in [-0.3, -0.25) is 4.79 Å². The third kappa shape index (κ3) is 2.81. The van der Waals surface area contributed by atoms with Crippen molar-refractivity contribution in [2.75, 3.05) is 6.54 Å². The van der Waals surface area contributed by atoms with Crippen molar-refractivity contribution in [1.82, 2.24) is 5.32 Å². The van der Waals surface area contributed by atoms with Crippen molar-refractivity contribution in [2.24, 2.45) is 5.92 Å². The van der Waals surface area contributed by atoms with E-state index in [1.807, 2.05) is 0 Å². The van der Waals surface area contributed by atoms with Gasteiger partial charge in [0, 0.05) is 19.4 Å². The van der Waals surface area contributed by atoms with E-state index in [1.54, 1.807) is 0 Å². The Labute approximate surface area is 73.2 Å². The standard InChI is InChI=1S/C9H17NO2/c1-7(11)10-6-8-4-2-3-5-9(8)12/h8-9,12H,2-6H2,1H3,(H,10,11)/t8-,9-/m0/s1.